The minimum atomic E-state index is -0.0247. The summed E-state index contributed by atoms with van der Waals surface area (Å²) in [7, 11) is 0. The lowest BCUT2D eigenvalue weighted by molar-refractivity contribution is 0.313. The van der Waals surface area contributed by atoms with Gasteiger partial charge in [0, 0.05) is 6.04 Å². The lowest BCUT2D eigenvalue weighted by atomic mass is 9.92. The van der Waals surface area contributed by atoms with Gasteiger partial charge in [0.05, 0.1) is 16.4 Å². The van der Waals surface area contributed by atoms with Gasteiger partial charge in [0.25, 0.3) is 0 Å². The number of rotatable bonds is 2. The van der Waals surface area contributed by atoms with E-state index in [9.17, 15) is 0 Å². The number of fused-ring (bicyclic) bond motifs is 1. The van der Waals surface area contributed by atoms with Crippen molar-refractivity contribution in [1.29, 1.82) is 0 Å². The fraction of sp³-hybridized carbons (Fsp3) is 0.500. The first kappa shape index (κ1) is 11.1. The normalized spacial score (nSPS) is 18.3. The van der Waals surface area contributed by atoms with Gasteiger partial charge >= 0.3 is 0 Å². The van der Waals surface area contributed by atoms with E-state index in [1.54, 1.807) is 0 Å². The zero-order chi connectivity index (χ0) is 12.0. The third-order valence-electron chi connectivity index (χ3n) is 3.67. The highest BCUT2D eigenvalue weighted by Crippen LogP contribution is 2.38. The molecule has 1 atom stereocenters. The number of alkyl halides is 1. The average Bonchev–Trinajstić information content (AvgIpc) is 2.55. The second-order valence-corrected chi connectivity index (χ2v) is 5.69. The van der Waals surface area contributed by atoms with Crippen LogP contribution in [0.1, 0.15) is 49.0 Å². The maximum absolute atomic E-state index is 6.26. The van der Waals surface area contributed by atoms with Crippen molar-refractivity contribution < 1.29 is 0 Å². The van der Waals surface area contributed by atoms with E-state index in [2.05, 4.69) is 34.7 Å². The smallest absolute Gasteiger partial charge is 0.127 e. The van der Waals surface area contributed by atoms with Crippen LogP contribution in [0.25, 0.3) is 11.0 Å². The molecule has 90 valence electrons. The molecule has 1 aromatic heterocycles. The summed E-state index contributed by atoms with van der Waals surface area (Å²) < 4.78 is 2.36. The van der Waals surface area contributed by atoms with Crippen LogP contribution in [0.15, 0.2) is 18.2 Å². The molecule has 1 aromatic carbocycles. The molecule has 2 nitrogen and oxygen atoms in total. The maximum Gasteiger partial charge on any atom is 0.127 e. The fourth-order valence-electron chi connectivity index (χ4n) is 2.53. The fourth-order valence-corrected chi connectivity index (χ4v) is 2.68. The van der Waals surface area contributed by atoms with E-state index in [4.69, 9.17) is 11.6 Å². The van der Waals surface area contributed by atoms with Crippen molar-refractivity contribution in [3.63, 3.8) is 0 Å². The molecule has 0 bridgehead atoms. The van der Waals surface area contributed by atoms with Crippen molar-refractivity contribution in [3.8, 4) is 0 Å². The predicted octanol–water partition coefficient (Wildman–Crippen LogP) is 4.37. The lowest BCUT2D eigenvalue weighted by Crippen LogP contribution is -2.19. The number of hydrogen-bond acceptors (Lipinski definition) is 1. The molecule has 3 rings (SSSR count). The molecule has 1 saturated carbocycles. The summed E-state index contributed by atoms with van der Waals surface area (Å²) in [5.41, 5.74) is 3.61. The number of aryl methyl sites for hydroxylation is 1. The van der Waals surface area contributed by atoms with Gasteiger partial charge in [0.1, 0.15) is 5.82 Å². The Kier molecular flexibility index (Phi) is 2.62. The zero-order valence-corrected chi connectivity index (χ0v) is 11.0. The van der Waals surface area contributed by atoms with E-state index < -0.39 is 0 Å². The number of hydrogen-bond donors (Lipinski definition) is 0. The van der Waals surface area contributed by atoms with E-state index in [1.165, 1.54) is 30.3 Å². The summed E-state index contributed by atoms with van der Waals surface area (Å²) in [5.74, 6) is 1.02. The van der Waals surface area contributed by atoms with E-state index >= 15 is 0 Å². The van der Waals surface area contributed by atoms with E-state index in [0.717, 1.165) is 11.3 Å². The zero-order valence-electron chi connectivity index (χ0n) is 10.3. The van der Waals surface area contributed by atoms with Crippen LogP contribution in [-0.2, 0) is 0 Å². The van der Waals surface area contributed by atoms with Crippen LogP contribution >= 0.6 is 11.6 Å². The molecule has 0 amide bonds. The van der Waals surface area contributed by atoms with E-state index in [-0.39, 0.29) is 5.38 Å². The van der Waals surface area contributed by atoms with Crippen molar-refractivity contribution in [2.24, 2.45) is 0 Å². The monoisotopic (exact) mass is 248 g/mol. The quantitative estimate of drug-likeness (QED) is 0.722. The minimum absolute atomic E-state index is 0.0247. The van der Waals surface area contributed by atoms with Crippen LogP contribution in [0.5, 0.6) is 0 Å². The summed E-state index contributed by atoms with van der Waals surface area (Å²) >= 11 is 6.26. The summed E-state index contributed by atoms with van der Waals surface area (Å²) in [5, 5.41) is -0.0247. The van der Waals surface area contributed by atoms with Crippen LogP contribution in [-0.4, -0.2) is 9.55 Å². The Labute approximate surface area is 107 Å². The maximum atomic E-state index is 6.26. The number of nitrogens with zero attached hydrogens (tertiary/aromatic N) is 2. The summed E-state index contributed by atoms with van der Waals surface area (Å²) in [6.07, 6.45) is 3.85. The highest BCUT2D eigenvalue weighted by molar-refractivity contribution is 6.20. The first-order valence-corrected chi connectivity index (χ1v) is 6.73. The standard InChI is InChI=1S/C14H17ClN2/c1-9-6-7-12-13(8-9)17(11-4-3-5-11)14(16-12)10(2)15/h6-8,10-11H,3-5H2,1-2H3. The average molecular weight is 249 g/mol. The van der Waals surface area contributed by atoms with Crippen LogP contribution in [0, 0.1) is 6.92 Å². The van der Waals surface area contributed by atoms with Gasteiger partial charge in [-0.2, -0.15) is 0 Å². The molecule has 1 unspecified atom stereocenters. The second-order valence-electron chi connectivity index (χ2n) is 5.03. The molecule has 0 saturated heterocycles. The van der Waals surface area contributed by atoms with Gasteiger partial charge in [-0.15, -0.1) is 11.6 Å². The van der Waals surface area contributed by atoms with Crippen molar-refractivity contribution in [2.75, 3.05) is 0 Å². The Bertz CT molecular complexity index is 553. The molecule has 1 heterocycles. The number of imidazole rings is 1. The van der Waals surface area contributed by atoms with Crippen LogP contribution in [0.3, 0.4) is 0 Å². The first-order chi connectivity index (χ1) is 8.16. The van der Waals surface area contributed by atoms with Crippen LogP contribution in [0.4, 0.5) is 0 Å². The van der Waals surface area contributed by atoms with Crippen molar-refractivity contribution >= 4 is 22.6 Å². The molecular formula is C14H17ClN2. The molecule has 2 aromatic rings. The Balaban J connectivity index is 2.24. The van der Waals surface area contributed by atoms with Crippen molar-refractivity contribution in [3.05, 3.63) is 29.6 Å². The van der Waals surface area contributed by atoms with Gasteiger partial charge in [-0.3, -0.25) is 0 Å². The topological polar surface area (TPSA) is 17.8 Å². The van der Waals surface area contributed by atoms with E-state index in [0.29, 0.717) is 6.04 Å². The van der Waals surface area contributed by atoms with Gasteiger partial charge in [0.15, 0.2) is 0 Å². The second kappa shape index (κ2) is 4.02. The van der Waals surface area contributed by atoms with Gasteiger partial charge in [-0.25, -0.2) is 4.98 Å². The van der Waals surface area contributed by atoms with Gasteiger partial charge in [-0.05, 0) is 50.8 Å². The molecule has 17 heavy (non-hydrogen) atoms. The lowest BCUT2D eigenvalue weighted by Gasteiger charge is -2.29. The molecule has 1 aliphatic rings. The molecule has 0 N–H and O–H groups in total. The van der Waals surface area contributed by atoms with Gasteiger partial charge in [-0.1, -0.05) is 6.07 Å². The molecule has 3 heteroatoms. The molecule has 1 aliphatic carbocycles. The Morgan fingerprint density at radius 1 is 1.41 bits per heavy atom. The van der Waals surface area contributed by atoms with Crippen molar-refractivity contribution in [1.82, 2.24) is 9.55 Å². The number of benzene rings is 1. The molecule has 0 aliphatic heterocycles. The number of halogens is 1. The van der Waals surface area contributed by atoms with E-state index in [1.807, 2.05) is 6.92 Å². The van der Waals surface area contributed by atoms with Crippen molar-refractivity contribution in [2.45, 2.75) is 44.5 Å². The minimum Gasteiger partial charge on any atom is -0.324 e. The summed E-state index contributed by atoms with van der Waals surface area (Å²) in [6.45, 7) is 4.13. The highest BCUT2D eigenvalue weighted by Gasteiger charge is 2.26. The molecule has 0 radical (unpaired) electrons. The Morgan fingerprint density at radius 2 is 2.18 bits per heavy atom. The third-order valence-corrected chi connectivity index (χ3v) is 3.86. The number of aromatic nitrogens is 2. The Hall–Kier alpha value is -1.02. The molecule has 0 spiro atoms. The molecular weight excluding hydrogens is 232 g/mol. The largest absolute Gasteiger partial charge is 0.324 e. The van der Waals surface area contributed by atoms with Crippen LogP contribution < -0.4 is 0 Å². The summed E-state index contributed by atoms with van der Waals surface area (Å²) in [6, 6.07) is 7.05. The predicted molar refractivity (Wildman–Crippen MR) is 71.6 cm³/mol. The van der Waals surface area contributed by atoms with Crippen LogP contribution in [0.2, 0.25) is 0 Å². The van der Waals surface area contributed by atoms with Gasteiger partial charge < -0.3 is 4.57 Å². The highest BCUT2D eigenvalue weighted by atomic mass is 35.5. The van der Waals surface area contributed by atoms with Gasteiger partial charge in [0.2, 0.25) is 0 Å². The third kappa shape index (κ3) is 1.75. The molecule has 1 fully saturated rings. The first-order valence-electron chi connectivity index (χ1n) is 6.29. The SMILES string of the molecule is Cc1ccc2nc(C(C)Cl)n(C3CCC3)c2c1. The Morgan fingerprint density at radius 3 is 2.76 bits per heavy atom. The summed E-state index contributed by atoms with van der Waals surface area (Å²) in [4.78, 5) is 4.69.